The van der Waals surface area contributed by atoms with Gasteiger partial charge in [-0.05, 0) is 27.2 Å². The maximum atomic E-state index is 11.9. The molecule has 5 nitrogen and oxygen atoms in total. The van der Waals surface area contributed by atoms with E-state index >= 15 is 0 Å². The van der Waals surface area contributed by atoms with Crippen LogP contribution >= 0.6 is 0 Å². The standard InChI is InChI=1S/C15H19N3O2/c1-15(2,3)20-14(19)12-13(16)18-11(9-17-12)10-7-5-4-6-8-10/h4-7,9-10H,8H2,1-3H3,(H2,16,18). The number of nitrogens with two attached hydrogens (primary N) is 1. The molecule has 0 aliphatic heterocycles. The predicted octanol–water partition coefficient (Wildman–Crippen LogP) is 2.61. The van der Waals surface area contributed by atoms with E-state index in [2.05, 4.69) is 16.0 Å². The molecule has 2 rings (SSSR count). The molecule has 0 saturated heterocycles. The third-order valence-electron chi connectivity index (χ3n) is 2.77. The number of esters is 1. The van der Waals surface area contributed by atoms with Gasteiger partial charge in [0, 0.05) is 5.92 Å². The Bertz CT molecular complexity index is 571. The maximum absolute atomic E-state index is 11.9. The second-order valence-electron chi connectivity index (χ2n) is 5.69. The van der Waals surface area contributed by atoms with Crippen LogP contribution in [0.4, 0.5) is 5.82 Å². The number of nitrogens with zero attached hydrogens (tertiary/aromatic N) is 2. The summed E-state index contributed by atoms with van der Waals surface area (Å²) < 4.78 is 5.24. The average Bonchev–Trinajstić information content (AvgIpc) is 2.37. The topological polar surface area (TPSA) is 78.1 Å². The SMILES string of the molecule is CC(C)(C)OC(=O)c1ncc(C2C=CC=CC2)nc1N. The molecule has 1 aliphatic rings. The highest BCUT2D eigenvalue weighted by Gasteiger charge is 2.22. The Morgan fingerprint density at radius 2 is 2.15 bits per heavy atom. The number of carbonyl (C=O) groups is 1. The van der Waals surface area contributed by atoms with Crippen molar-refractivity contribution in [2.45, 2.75) is 38.7 Å². The van der Waals surface area contributed by atoms with Crippen LogP contribution in [0.2, 0.25) is 0 Å². The molecule has 0 fully saturated rings. The van der Waals surface area contributed by atoms with Crippen molar-refractivity contribution in [3.8, 4) is 0 Å². The summed E-state index contributed by atoms with van der Waals surface area (Å²) in [5.41, 5.74) is 6.08. The van der Waals surface area contributed by atoms with Crippen LogP contribution in [0.1, 0.15) is 49.3 Å². The lowest BCUT2D eigenvalue weighted by Crippen LogP contribution is -2.25. The zero-order valence-electron chi connectivity index (χ0n) is 12.0. The van der Waals surface area contributed by atoms with Gasteiger partial charge in [-0.1, -0.05) is 24.3 Å². The summed E-state index contributed by atoms with van der Waals surface area (Å²) in [7, 11) is 0. The van der Waals surface area contributed by atoms with Crippen LogP contribution in [0.25, 0.3) is 0 Å². The van der Waals surface area contributed by atoms with Crippen LogP contribution in [-0.2, 0) is 4.74 Å². The summed E-state index contributed by atoms with van der Waals surface area (Å²) in [6, 6.07) is 0. The van der Waals surface area contributed by atoms with E-state index in [-0.39, 0.29) is 17.4 Å². The highest BCUT2D eigenvalue weighted by atomic mass is 16.6. The van der Waals surface area contributed by atoms with Gasteiger partial charge in [-0.25, -0.2) is 14.8 Å². The van der Waals surface area contributed by atoms with E-state index in [4.69, 9.17) is 10.5 Å². The average molecular weight is 273 g/mol. The van der Waals surface area contributed by atoms with Gasteiger partial charge in [-0.2, -0.15) is 0 Å². The summed E-state index contributed by atoms with van der Waals surface area (Å²) in [5, 5.41) is 0. The lowest BCUT2D eigenvalue weighted by Gasteiger charge is -2.19. The summed E-state index contributed by atoms with van der Waals surface area (Å²) >= 11 is 0. The number of allylic oxidation sites excluding steroid dienone is 4. The lowest BCUT2D eigenvalue weighted by molar-refractivity contribution is 0.00638. The molecule has 1 aromatic heterocycles. The number of rotatable bonds is 2. The molecule has 5 heteroatoms. The van der Waals surface area contributed by atoms with Crippen LogP contribution in [0.3, 0.4) is 0 Å². The molecular weight excluding hydrogens is 254 g/mol. The first-order valence-electron chi connectivity index (χ1n) is 6.56. The first-order chi connectivity index (χ1) is 9.37. The Balaban J connectivity index is 2.20. The van der Waals surface area contributed by atoms with Crippen molar-refractivity contribution in [2.75, 3.05) is 5.73 Å². The van der Waals surface area contributed by atoms with Crippen LogP contribution in [0, 0.1) is 0 Å². The minimum absolute atomic E-state index is 0.0685. The van der Waals surface area contributed by atoms with Gasteiger partial charge in [0.15, 0.2) is 11.5 Å². The summed E-state index contributed by atoms with van der Waals surface area (Å²) in [5.74, 6) is -0.282. The molecule has 0 saturated carbocycles. The first-order valence-corrected chi connectivity index (χ1v) is 6.56. The Hall–Kier alpha value is -2.17. The molecule has 0 aromatic carbocycles. The third kappa shape index (κ3) is 3.44. The largest absolute Gasteiger partial charge is 0.455 e. The highest BCUT2D eigenvalue weighted by molar-refractivity contribution is 5.92. The van der Waals surface area contributed by atoms with E-state index in [9.17, 15) is 4.79 Å². The molecule has 0 amide bonds. The molecule has 0 bridgehead atoms. The van der Waals surface area contributed by atoms with E-state index in [1.807, 2.05) is 18.2 Å². The second-order valence-corrected chi connectivity index (χ2v) is 5.69. The number of aromatic nitrogens is 2. The third-order valence-corrected chi connectivity index (χ3v) is 2.77. The first kappa shape index (κ1) is 14.2. The number of anilines is 1. The fraction of sp³-hybridized carbons (Fsp3) is 0.400. The minimum Gasteiger partial charge on any atom is -0.455 e. The van der Waals surface area contributed by atoms with Crippen molar-refractivity contribution < 1.29 is 9.53 Å². The maximum Gasteiger partial charge on any atom is 0.361 e. The number of ether oxygens (including phenoxy) is 1. The monoisotopic (exact) mass is 273 g/mol. The van der Waals surface area contributed by atoms with Crippen molar-refractivity contribution >= 4 is 11.8 Å². The molecule has 1 heterocycles. The van der Waals surface area contributed by atoms with Gasteiger partial charge >= 0.3 is 5.97 Å². The fourth-order valence-electron chi connectivity index (χ4n) is 1.88. The van der Waals surface area contributed by atoms with Gasteiger partial charge in [0.25, 0.3) is 0 Å². The summed E-state index contributed by atoms with van der Waals surface area (Å²) in [6.45, 7) is 5.38. The van der Waals surface area contributed by atoms with E-state index < -0.39 is 11.6 Å². The van der Waals surface area contributed by atoms with Crippen LogP contribution < -0.4 is 5.73 Å². The smallest absolute Gasteiger partial charge is 0.361 e. The molecule has 106 valence electrons. The van der Waals surface area contributed by atoms with Crippen molar-refractivity contribution in [1.29, 1.82) is 0 Å². The van der Waals surface area contributed by atoms with Crippen molar-refractivity contribution in [2.24, 2.45) is 0 Å². The summed E-state index contributed by atoms with van der Waals surface area (Å²) in [4.78, 5) is 20.3. The molecule has 1 atom stereocenters. The molecule has 1 aliphatic carbocycles. The van der Waals surface area contributed by atoms with Crippen LogP contribution in [0.15, 0.2) is 30.5 Å². The molecule has 1 aromatic rings. The second kappa shape index (κ2) is 5.45. The van der Waals surface area contributed by atoms with Gasteiger partial charge < -0.3 is 10.5 Å². The molecule has 1 unspecified atom stereocenters. The number of nitrogen functional groups attached to an aromatic ring is 1. The minimum atomic E-state index is -0.583. The lowest BCUT2D eigenvalue weighted by atomic mass is 9.98. The fourth-order valence-corrected chi connectivity index (χ4v) is 1.88. The van der Waals surface area contributed by atoms with Gasteiger partial charge in [0.2, 0.25) is 0 Å². The quantitative estimate of drug-likeness (QED) is 0.838. The van der Waals surface area contributed by atoms with Gasteiger partial charge in [0.05, 0.1) is 11.9 Å². The van der Waals surface area contributed by atoms with E-state index in [1.165, 1.54) is 0 Å². The Kier molecular flexibility index (Phi) is 3.88. The number of hydrogen-bond acceptors (Lipinski definition) is 5. The zero-order chi connectivity index (χ0) is 14.8. The van der Waals surface area contributed by atoms with Crippen molar-refractivity contribution in [3.05, 3.63) is 41.9 Å². The molecule has 2 N–H and O–H groups in total. The van der Waals surface area contributed by atoms with Crippen molar-refractivity contribution in [1.82, 2.24) is 9.97 Å². The Morgan fingerprint density at radius 1 is 1.40 bits per heavy atom. The summed E-state index contributed by atoms with van der Waals surface area (Å²) in [6.07, 6.45) is 10.5. The molecule has 0 radical (unpaired) electrons. The Labute approximate surface area is 118 Å². The number of carbonyl (C=O) groups excluding carboxylic acids is 1. The van der Waals surface area contributed by atoms with Gasteiger partial charge in [-0.3, -0.25) is 0 Å². The van der Waals surface area contributed by atoms with E-state index in [0.29, 0.717) is 0 Å². The zero-order valence-corrected chi connectivity index (χ0v) is 12.0. The molecule has 20 heavy (non-hydrogen) atoms. The number of hydrogen-bond donors (Lipinski definition) is 1. The van der Waals surface area contributed by atoms with E-state index in [1.54, 1.807) is 27.0 Å². The predicted molar refractivity (Wildman–Crippen MR) is 77.3 cm³/mol. The normalized spacial score (nSPS) is 18.1. The van der Waals surface area contributed by atoms with Crippen LogP contribution in [0.5, 0.6) is 0 Å². The van der Waals surface area contributed by atoms with Gasteiger partial charge in [0.1, 0.15) is 5.60 Å². The van der Waals surface area contributed by atoms with E-state index in [0.717, 1.165) is 12.1 Å². The van der Waals surface area contributed by atoms with Crippen molar-refractivity contribution in [3.63, 3.8) is 0 Å². The highest BCUT2D eigenvalue weighted by Crippen LogP contribution is 2.24. The molecular formula is C15H19N3O2. The Morgan fingerprint density at radius 3 is 2.70 bits per heavy atom. The van der Waals surface area contributed by atoms with Gasteiger partial charge in [-0.15, -0.1) is 0 Å². The van der Waals surface area contributed by atoms with Crippen LogP contribution in [-0.4, -0.2) is 21.5 Å². The molecule has 0 spiro atoms.